The number of carbonyl (C=O) groups excluding carboxylic acids is 1. The monoisotopic (exact) mass is 392 g/mol. The normalized spacial score (nSPS) is 14.1. The third-order valence-corrected chi connectivity index (χ3v) is 5.05. The fourth-order valence-electron chi connectivity index (χ4n) is 3.43. The minimum absolute atomic E-state index is 0.0743. The molecule has 0 aliphatic carbocycles. The molecule has 0 saturated carbocycles. The number of nitro groups is 1. The van der Waals surface area contributed by atoms with Crippen molar-refractivity contribution in [3.63, 3.8) is 0 Å². The van der Waals surface area contributed by atoms with Crippen LogP contribution in [-0.4, -0.2) is 47.1 Å². The van der Waals surface area contributed by atoms with Crippen molar-refractivity contribution in [3.05, 3.63) is 76.0 Å². The van der Waals surface area contributed by atoms with E-state index in [-0.39, 0.29) is 22.3 Å². The van der Waals surface area contributed by atoms with Crippen molar-refractivity contribution in [2.75, 3.05) is 31.1 Å². The smallest absolute Gasteiger partial charge is 0.292 e. The van der Waals surface area contributed by atoms with Gasteiger partial charge >= 0.3 is 0 Å². The molecule has 29 heavy (non-hydrogen) atoms. The fraction of sp³-hybridized carbons (Fsp3) is 0.238. The van der Waals surface area contributed by atoms with Crippen molar-refractivity contribution in [1.82, 2.24) is 10.1 Å². The number of hydrogen-bond acceptors (Lipinski definition) is 6. The molecule has 0 atom stereocenters. The standard InChI is InChI=1S/C21H20N4O4/c1-15-6-8-16(9-7-15)17-14-20(29-22-17)21(26)24-12-10-23(11-13-24)18-4-2-3-5-19(18)25(27)28/h2-9,14H,10-13H2,1H3. The fourth-order valence-corrected chi connectivity index (χ4v) is 3.43. The second-order valence-corrected chi connectivity index (χ2v) is 6.97. The lowest BCUT2D eigenvalue weighted by atomic mass is 10.1. The maximum Gasteiger partial charge on any atom is 0.292 e. The topological polar surface area (TPSA) is 92.7 Å². The molecule has 1 aliphatic rings. The van der Waals surface area contributed by atoms with Gasteiger partial charge in [0.05, 0.1) is 4.92 Å². The first-order valence-electron chi connectivity index (χ1n) is 9.34. The SMILES string of the molecule is Cc1ccc(-c2cc(C(=O)N3CCN(c4ccccc4[N+](=O)[O-])CC3)on2)cc1. The van der Waals surface area contributed by atoms with Crippen LogP contribution in [0, 0.1) is 17.0 Å². The predicted molar refractivity (Wildman–Crippen MR) is 108 cm³/mol. The van der Waals surface area contributed by atoms with E-state index in [1.807, 2.05) is 36.1 Å². The number of para-hydroxylation sites is 2. The molecule has 2 aromatic carbocycles. The Hall–Kier alpha value is -3.68. The lowest BCUT2D eigenvalue weighted by molar-refractivity contribution is -0.384. The van der Waals surface area contributed by atoms with Gasteiger partial charge in [0.1, 0.15) is 11.4 Å². The van der Waals surface area contributed by atoms with Gasteiger partial charge in [-0.15, -0.1) is 0 Å². The molecule has 2 heterocycles. The second-order valence-electron chi connectivity index (χ2n) is 6.97. The molecule has 8 heteroatoms. The van der Waals surface area contributed by atoms with Crippen LogP contribution in [0.25, 0.3) is 11.3 Å². The highest BCUT2D eigenvalue weighted by Gasteiger charge is 2.27. The van der Waals surface area contributed by atoms with Crippen LogP contribution in [0.4, 0.5) is 11.4 Å². The summed E-state index contributed by atoms with van der Waals surface area (Å²) in [6.07, 6.45) is 0. The van der Waals surface area contributed by atoms with Crippen LogP contribution in [0.2, 0.25) is 0 Å². The Labute approximate surface area is 167 Å². The number of anilines is 1. The van der Waals surface area contributed by atoms with E-state index in [1.165, 1.54) is 6.07 Å². The van der Waals surface area contributed by atoms with E-state index in [1.54, 1.807) is 29.2 Å². The average Bonchev–Trinajstić information content (AvgIpc) is 3.24. The lowest BCUT2D eigenvalue weighted by Gasteiger charge is -2.35. The number of nitro benzene ring substituents is 1. The van der Waals surface area contributed by atoms with E-state index >= 15 is 0 Å². The summed E-state index contributed by atoms with van der Waals surface area (Å²) in [6, 6.07) is 16.1. The van der Waals surface area contributed by atoms with Crippen LogP contribution in [-0.2, 0) is 0 Å². The van der Waals surface area contributed by atoms with Gasteiger partial charge in [-0.3, -0.25) is 14.9 Å². The van der Waals surface area contributed by atoms with E-state index < -0.39 is 0 Å². The first-order valence-corrected chi connectivity index (χ1v) is 9.34. The van der Waals surface area contributed by atoms with Crippen LogP contribution in [0.1, 0.15) is 16.1 Å². The Balaban J connectivity index is 1.43. The van der Waals surface area contributed by atoms with Crippen molar-refractivity contribution >= 4 is 17.3 Å². The molecule has 0 radical (unpaired) electrons. The molecule has 3 aromatic rings. The molecular formula is C21H20N4O4. The van der Waals surface area contributed by atoms with Crippen molar-refractivity contribution in [3.8, 4) is 11.3 Å². The predicted octanol–water partition coefficient (Wildman–Crippen LogP) is 3.52. The average molecular weight is 392 g/mol. The molecule has 4 rings (SSSR count). The molecule has 0 unspecified atom stereocenters. The first-order chi connectivity index (χ1) is 14.0. The van der Waals surface area contributed by atoms with Crippen molar-refractivity contribution < 1.29 is 14.2 Å². The third kappa shape index (κ3) is 3.82. The van der Waals surface area contributed by atoms with Gasteiger partial charge in [-0.2, -0.15) is 0 Å². The van der Waals surface area contributed by atoms with E-state index in [0.29, 0.717) is 37.6 Å². The van der Waals surface area contributed by atoms with Gasteiger partial charge in [0.2, 0.25) is 5.76 Å². The number of nitrogens with zero attached hydrogens (tertiary/aromatic N) is 4. The summed E-state index contributed by atoms with van der Waals surface area (Å²) in [6.45, 7) is 3.92. The van der Waals surface area contributed by atoms with E-state index in [2.05, 4.69) is 5.16 Å². The number of carbonyl (C=O) groups is 1. The zero-order valence-corrected chi connectivity index (χ0v) is 15.9. The van der Waals surface area contributed by atoms with Crippen molar-refractivity contribution in [2.24, 2.45) is 0 Å². The summed E-state index contributed by atoms with van der Waals surface area (Å²) in [5, 5.41) is 15.3. The summed E-state index contributed by atoms with van der Waals surface area (Å²) in [7, 11) is 0. The molecular weight excluding hydrogens is 372 g/mol. The van der Waals surface area contributed by atoms with Crippen LogP contribution >= 0.6 is 0 Å². The van der Waals surface area contributed by atoms with E-state index in [4.69, 9.17) is 4.52 Å². The Morgan fingerprint density at radius 2 is 1.76 bits per heavy atom. The minimum atomic E-state index is -0.381. The van der Waals surface area contributed by atoms with Crippen LogP contribution in [0.15, 0.2) is 59.1 Å². The van der Waals surface area contributed by atoms with E-state index in [9.17, 15) is 14.9 Å². The van der Waals surface area contributed by atoms with Gasteiger partial charge in [0.25, 0.3) is 11.6 Å². The molecule has 0 bridgehead atoms. The maximum atomic E-state index is 12.8. The molecule has 148 valence electrons. The first kappa shape index (κ1) is 18.7. The highest BCUT2D eigenvalue weighted by Crippen LogP contribution is 2.28. The molecule has 1 aromatic heterocycles. The second kappa shape index (κ2) is 7.75. The summed E-state index contributed by atoms with van der Waals surface area (Å²) in [5.74, 6) is -0.0298. The third-order valence-electron chi connectivity index (χ3n) is 5.05. The van der Waals surface area contributed by atoms with Crippen molar-refractivity contribution in [1.29, 1.82) is 0 Å². The van der Waals surface area contributed by atoms with Gasteiger partial charge in [-0.1, -0.05) is 47.1 Å². The summed E-state index contributed by atoms with van der Waals surface area (Å²) in [5.41, 5.74) is 3.30. The number of hydrogen-bond donors (Lipinski definition) is 0. The molecule has 1 fully saturated rings. The largest absolute Gasteiger partial charge is 0.362 e. The highest BCUT2D eigenvalue weighted by molar-refractivity contribution is 5.92. The van der Waals surface area contributed by atoms with Gasteiger partial charge in [-0.05, 0) is 13.0 Å². The Kier molecular flexibility index (Phi) is 4.99. The summed E-state index contributed by atoms with van der Waals surface area (Å²) < 4.78 is 5.28. The van der Waals surface area contributed by atoms with Crippen LogP contribution < -0.4 is 4.90 Å². The quantitative estimate of drug-likeness (QED) is 0.498. The lowest BCUT2D eigenvalue weighted by Crippen LogP contribution is -2.48. The number of rotatable bonds is 4. The van der Waals surface area contributed by atoms with Crippen LogP contribution in [0.5, 0.6) is 0 Å². The maximum absolute atomic E-state index is 12.8. The molecule has 1 amide bonds. The van der Waals surface area contributed by atoms with E-state index in [0.717, 1.165) is 11.1 Å². The molecule has 0 spiro atoms. The van der Waals surface area contributed by atoms with Gasteiger partial charge < -0.3 is 14.3 Å². The summed E-state index contributed by atoms with van der Waals surface area (Å²) >= 11 is 0. The number of benzene rings is 2. The molecule has 1 aliphatic heterocycles. The zero-order chi connectivity index (χ0) is 20.4. The number of amides is 1. The van der Waals surface area contributed by atoms with Gasteiger partial charge in [0, 0.05) is 43.9 Å². The Morgan fingerprint density at radius 3 is 2.45 bits per heavy atom. The minimum Gasteiger partial charge on any atom is -0.362 e. The highest BCUT2D eigenvalue weighted by atomic mass is 16.6. The van der Waals surface area contributed by atoms with Gasteiger partial charge in [-0.25, -0.2) is 0 Å². The zero-order valence-electron chi connectivity index (χ0n) is 15.9. The molecule has 0 N–H and O–H groups in total. The molecule has 8 nitrogen and oxygen atoms in total. The van der Waals surface area contributed by atoms with Gasteiger partial charge in [0.15, 0.2) is 0 Å². The number of piperazine rings is 1. The Bertz CT molecular complexity index is 1040. The number of aromatic nitrogens is 1. The number of aryl methyl sites for hydroxylation is 1. The summed E-state index contributed by atoms with van der Waals surface area (Å²) in [4.78, 5) is 27.3. The van der Waals surface area contributed by atoms with Crippen molar-refractivity contribution in [2.45, 2.75) is 6.92 Å². The Morgan fingerprint density at radius 1 is 1.07 bits per heavy atom. The molecule has 1 saturated heterocycles. The van der Waals surface area contributed by atoms with Crippen LogP contribution in [0.3, 0.4) is 0 Å².